The Morgan fingerprint density at radius 1 is 0.957 bits per heavy atom. The monoisotopic (exact) mass is 308 g/mol. The number of methoxy groups -OCH3 is 2. The van der Waals surface area contributed by atoms with Gasteiger partial charge in [-0.25, -0.2) is 0 Å². The van der Waals surface area contributed by atoms with Gasteiger partial charge in [-0.1, -0.05) is 12.1 Å². The van der Waals surface area contributed by atoms with Crippen molar-refractivity contribution in [1.82, 2.24) is 0 Å². The maximum atomic E-state index is 12.6. The summed E-state index contributed by atoms with van der Waals surface area (Å²) in [6.07, 6.45) is 1.92. The molecule has 1 aromatic heterocycles. The topological polar surface area (TPSA) is 39.4 Å². The van der Waals surface area contributed by atoms with Crippen LogP contribution in [-0.2, 0) is 6.54 Å². The molecule has 0 fully saturated rings. The Labute approximate surface area is 134 Å². The highest BCUT2D eigenvalue weighted by molar-refractivity contribution is 5.96. The van der Waals surface area contributed by atoms with Crippen LogP contribution in [0, 0.1) is 0 Å². The number of para-hydroxylation sites is 1. The first-order valence-electron chi connectivity index (χ1n) is 7.35. The van der Waals surface area contributed by atoms with E-state index in [0.29, 0.717) is 17.1 Å². The van der Waals surface area contributed by atoms with Crippen LogP contribution in [0.4, 0.5) is 0 Å². The Morgan fingerprint density at radius 2 is 1.70 bits per heavy atom. The van der Waals surface area contributed by atoms with Crippen molar-refractivity contribution in [2.24, 2.45) is 0 Å². The van der Waals surface area contributed by atoms with Gasteiger partial charge in [-0.3, -0.25) is 4.79 Å². The molecule has 0 saturated heterocycles. The van der Waals surface area contributed by atoms with Crippen molar-refractivity contribution in [2.45, 2.75) is 6.54 Å². The predicted molar refractivity (Wildman–Crippen MR) is 88.0 cm³/mol. The molecule has 0 amide bonds. The molecule has 0 aliphatic rings. The largest absolute Gasteiger partial charge is 0.493 e. The van der Waals surface area contributed by atoms with E-state index in [-0.39, 0.29) is 12.3 Å². The number of pyridine rings is 1. The second kappa shape index (κ2) is 6.48. The van der Waals surface area contributed by atoms with E-state index < -0.39 is 0 Å². The summed E-state index contributed by atoms with van der Waals surface area (Å²) in [5.41, 5.74) is 1.63. The first-order valence-corrected chi connectivity index (χ1v) is 7.35. The van der Waals surface area contributed by atoms with Crippen molar-refractivity contribution in [1.29, 1.82) is 0 Å². The molecule has 0 aliphatic heterocycles. The molecule has 116 valence electrons. The molecule has 3 aromatic rings. The van der Waals surface area contributed by atoms with E-state index in [1.807, 2.05) is 47.2 Å². The van der Waals surface area contributed by atoms with Gasteiger partial charge in [-0.2, -0.15) is 4.57 Å². The second-order valence-electron chi connectivity index (χ2n) is 5.19. The zero-order valence-electron chi connectivity index (χ0n) is 13.2. The highest BCUT2D eigenvalue weighted by Gasteiger charge is 2.17. The number of benzene rings is 2. The molecular weight excluding hydrogens is 290 g/mol. The summed E-state index contributed by atoms with van der Waals surface area (Å²) in [5, 5.41) is 1.11. The average molecular weight is 308 g/mol. The first-order chi connectivity index (χ1) is 11.2. The fourth-order valence-corrected chi connectivity index (χ4v) is 2.61. The number of hydrogen-bond donors (Lipinski definition) is 0. The minimum atomic E-state index is 0.0207. The average Bonchev–Trinajstić information content (AvgIpc) is 2.61. The van der Waals surface area contributed by atoms with Gasteiger partial charge in [0.2, 0.25) is 17.8 Å². The van der Waals surface area contributed by atoms with Gasteiger partial charge in [0, 0.05) is 23.1 Å². The zero-order chi connectivity index (χ0) is 16.2. The van der Waals surface area contributed by atoms with E-state index >= 15 is 0 Å². The number of fused-ring (bicyclic) bond motifs is 1. The zero-order valence-corrected chi connectivity index (χ0v) is 13.2. The van der Waals surface area contributed by atoms with Crippen molar-refractivity contribution >= 4 is 16.7 Å². The van der Waals surface area contributed by atoms with Crippen molar-refractivity contribution in [3.05, 3.63) is 66.4 Å². The molecule has 2 aromatic carbocycles. The Kier molecular flexibility index (Phi) is 4.24. The third-order valence-corrected chi connectivity index (χ3v) is 3.81. The lowest BCUT2D eigenvalue weighted by molar-refractivity contribution is -0.657. The highest BCUT2D eigenvalue weighted by atomic mass is 16.5. The summed E-state index contributed by atoms with van der Waals surface area (Å²) in [6, 6.07) is 17.2. The lowest BCUT2D eigenvalue weighted by Gasteiger charge is -2.08. The molecule has 3 rings (SSSR count). The number of Topliss-reactive ketones (excluding diaryl/α,β-unsaturated/α-hetero) is 1. The second-order valence-corrected chi connectivity index (χ2v) is 5.19. The smallest absolute Gasteiger partial charge is 0.227 e. The van der Waals surface area contributed by atoms with Crippen LogP contribution in [0.1, 0.15) is 10.4 Å². The molecule has 0 spiro atoms. The minimum absolute atomic E-state index is 0.0207. The Balaban J connectivity index is 1.92. The first kappa shape index (κ1) is 15.0. The molecule has 4 nitrogen and oxygen atoms in total. The summed E-state index contributed by atoms with van der Waals surface area (Å²) in [7, 11) is 3.14. The quantitative estimate of drug-likeness (QED) is 0.537. The predicted octanol–water partition coefficient (Wildman–Crippen LogP) is 3.03. The van der Waals surface area contributed by atoms with Gasteiger partial charge >= 0.3 is 0 Å². The summed E-state index contributed by atoms with van der Waals surface area (Å²) in [6.45, 7) is 0.275. The lowest BCUT2D eigenvalue weighted by Crippen LogP contribution is -2.38. The van der Waals surface area contributed by atoms with Gasteiger partial charge in [0.15, 0.2) is 17.7 Å². The number of ketones is 1. The molecule has 0 aliphatic carbocycles. The van der Waals surface area contributed by atoms with E-state index in [1.54, 1.807) is 32.4 Å². The number of carbonyl (C=O) groups excluding carboxylic acids is 1. The maximum Gasteiger partial charge on any atom is 0.227 e. The van der Waals surface area contributed by atoms with E-state index in [4.69, 9.17) is 9.47 Å². The van der Waals surface area contributed by atoms with Gasteiger partial charge in [-0.15, -0.1) is 0 Å². The summed E-state index contributed by atoms with van der Waals surface area (Å²) in [4.78, 5) is 12.6. The Morgan fingerprint density at radius 3 is 2.48 bits per heavy atom. The number of hydrogen-bond acceptors (Lipinski definition) is 3. The van der Waals surface area contributed by atoms with Crippen molar-refractivity contribution in [3.8, 4) is 11.5 Å². The van der Waals surface area contributed by atoms with Crippen LogP contribution in [0.5, 0.6) is 11.5 Å². The number of ether oxygens (including phenoxy) is 2. The van der Waals surface area contributed by atoms with Crippen LogP contribution in [0.3, 0.4) is 0 Å². The maximum absolute atomic E-state index is 12.6. The van der Waals surface area contributed by atoms with E-state index in [0.717, 1.165) is 10.9 Å². The van der Waals surface area contributed by atoms with Gasteiger partial charge in [0.05, 0.1) is 14.2 Å². The molecule has 4 heteroatoms. The van der Waals surface area contributed by atoms with Crippen molar-refractivity contribution < 1.29 is 18.8 Å². The van der Waals surface area contributed by atoms with E-state index in [2.05, 4.69) is 0 Å². The Hall–Kier alpha value is -2.88. The SMILES string of the molecule is COc1ccc(C(=O)C[n+]2cccc3ccccc32)cc1OC. The van der Waals surface area contributed by atoms with Gasteiger partial charge in [0.1, 0.15) is 0 Å². The van der Waals surface area contributed by atoms with Gasteiger partial charge in [0.25, 0.3) is 0 Å². The van der Waals surface area contributed by atoms with Crippen LogP contribution in [0.25, 0.3) is 10.9 Å². The molecule has 0 radical (unpaired) electrons. The fourth-order valence-electron chi connectivity index (χ4n) is 2.61. The number of carbonyl (C=O) groups is 1. The molecule has 0 N–H and O–H groups in total. The molecule has 23 heavy (non-hydrogen) atoms. The normalized spacial score (nSPS) is 10.5. The number of rotatable bonds is 5. The standard InChI is InChI=1S/C19H18NO3/c1-22-18-10-9-15(12-19(18)23-2)17(21)13-20-11-5-7-14-6-3-4-8-16(14)20/h3-12H,13H2,1-2H3/q+1. The number of nitrogens with zero attached hydrogens (tertiary/aromatic N) is 1. The molecule has 0 bridgehead atoms. The van der Waals surface area contributed by atoms with Crippen molar-refractivity contribution in [3.63, 3.8) is 0 Å². The van der Waals surface area contributed by atoms with Crippen LogP contribution in [0.15, 0.2) is 60.8 Å². The van der Waals surface area contributed by atoms with Gasteiger partial charge < -0.3 is 9.47 Å². The number of aromatic nitrogens is 1. The summed E-state index contributed by atoms with van der Waals surface area (Å²) in [5.74, 6) is 1.19. The molecule has 1 heterocycles. The Bertz CT molecular complexity index is 853. The van der Waals surface area contributed by atoms with Gasteiger partial charge in [-0.05, 0) is 30.3 Å². The third-order valence-electron chi connectivity index (χ3n) is 3.81. The van der Waals surface area contributed by atoms with Crippen molar-refractivity contribution in [2.75, 3.05) is 14.2 Å². The third kappa shape index (κ3) is 3.01. The minimum Gasteiger partial charge on any atom is -0.493 e. The molecule has 0 atom stereocenters. The summed E-state index contributed by atoms with van der Waals surface area (Å²) < 4.78 is 12.4. The van der Waals surface area contributed by atoms with E-state index in [1.165, 1.54) is 0 Å². The highest BCUT2D eigenvalue weighted by Crippen LogP contribution is 2.27. The fraction of sp³-hybridized carbons (Fsp3) is 0.158. The van der Waals surface area contributed by atoms with E-state index in [9.17, 15) is 4.79 Å². The molecule has 0 saturated carbocycles. The molecular formula is C19H18NO3+. The van der Waals surface area contributed by atoms with Crippen LogP contribution >= 0.6 is 0 Å². The molecule has 0 unspecified atom stereocenters. The van der Waals surface area contributed by atoms with Crippen LogP contribution < -0.4 is 14.0 Å². The van der Waals surface area contributed by atoms with Crippen LogP contribution in [-0.4, -0.2) is 20.0 Å². The van der Waals surface area contributed by atoms with Crippen LogP contribution in [0.2, 0.25) is 0 Å². The summed E-state index contributed by atoms with van der Waals surface area (Å²) >= 11 is 0. The lowest BCUT2D eigenvalue weighted by atomic mass is 10.1.